The molecule has 0 spiro atoms. The van der Waals surface area contributed by atoms with Gasteiger partial charge in [0.2, 0.25) is 5.91 Å². The number of carboxylic acid groups (broad SMARTS) is 1. The van der Waals surface area contributed by atoms with Crippen LogP contribution in [0.5, 0.6) is 0 Å². The maximum atomic E-state index is 11.5. The predicted molar refractivity (Wildman–Crippen MR) is 67.3 cm³/mol. The summed E-state index contributed by atoms with van der Waals surface area (Å²) >= 11 is 0. The van der Waals surface area contributed by atoms with Crippen LogP contribution in [0.25, 0.3) is 0 Å². The highest BCUT2D eigenvalue weighted by molar-refractivity contribution is 5.94. The Bertz CT molecular complexity index is 369. The van der Waals surface area contributed by atoms with Gasteiger partial charge in [0, 0.05) is 18.2 Å². The van der Waals surface area contributed by atoms with Gasteiger partial charge in [-0.1, -0.05) is 0 Å². The van der Waals surface area contributed by atoms with E-state index in [1.807, 2.05) is 0 Å². The summed E-state index contributed by atoms with van der Waals surface area (Å²) in [5.41, 5.74) is 0. The van der Waals surface area contributed by atoms with E-state index in [0.29, 0.717) is 32.3 Å². The SMILES string of the molecule is CCOC(=O)C1CCC(NC(=O)/C=C/C(=O)O)CC1. The molecule has 6 nitrogen and oxygen atoms in total. The van der Waals surface area contributed by atoms with Gasteiger partial charge >= 0.3 is 11.9 Å². The zero-order chi connectivity index (χ0) is 14.3. The first-order chi connectivity index (χ1) is 9.02. The van der Waals surface area contributed by atoms with E-state index in [4.69, 9.17) is 9.84 Å². The van der Waals surface area contributed by atoms with Crippen molar-refractivity contribution >= 4 is 17.8 Å². The van der Waals surface area contributed by atoms with Crippen LogP contribution in [0.1, 0.15) is 32.6 Å². The summed E-state index contributed by atoms with van der Waals surface area (Å²) in [7, 11) is 0. The van der Waals surface area contributed by atoms with E-state index in [9.17, 15) is 14.4 Å². The van der Waals surface area contributed by atoms with Crippen LogP contribution in [0.3, 0.4) is 0 Å². The van der Waals surface area contributed by atoms with Crippen LogP contribution >= 0.6 is 0 Å². The number of nitrogens with one attached hydrogen (secondary N) is 1. The number of carbonyl (C=O) groups excluding carboxylic acids is 2. The fraction of sp³-hybridized carbons (Fsp3) is 0.615. The summed E-state index contributed by atoms with van der Waals surface area (Å²) in [6.45, 7) is 2.16. The molecule has 106 valence electrons. The van der Waals surface area contributed by atoms with Crippen molar-refractivity contribution in [2.24, 2.45) is 5.92 Å². The Morgan fingerprint density at radius 1 is 1.21 bits per heavy atom. The van der Waals surface area contributed by atoms with E-state index >= 15 is 0 Å². The van der Waals surface area contributed by atoms with Crippen molar-refractivity contribution in [3.05, 3.63) is 12.2 Å². The first-order valence-electron chi connectivity index (χ1n) is 6.41. The molecule has 6 heteroatoms. The van der Waals surface area contributed by atoms with E-state index < -0.39 is 11.9 Å². The lowest BCUT2D eigenvalue weighted by Gasteiger charge is -2.27. The number of rotatable bonds is 5. The monoisotopic (exact) mass is 269 g/mol. The Balaban J connectivity index is 2.32. The zero-order valence-corrected chi connectivity index (χ0v) is 10.9. The molecule has 1 aliphatic carbocycles. The van der Waals surface area contributed by atoms with Crippen molar-refractivity contribution in [3.8, 4) is 0 Å². The molecule has 1 saturated carbocycles. The lowest BCUT2D eigenvalue weighted by Crippen LogP contribution is -2.38. The van der Waals surface area contributed by atoms with E-state index in [-0.39, 0.29) is 17.9 Å². The number of hydrogen-bond acceptors (Lipinski definition) is 4. The third-order valence-electron chi connectivity index (χ3n) is 3.07. The molecule has 19 heavy (non-hydrogen) atoms. The summed E-state index contributed by atoms with van der Waals surface area (Å²) in [4.78, 5) is 33.2. The highest BCUT2D eigenvalue weighted by atomic mass is 16.5. The van der Waals surface area contributed by atoms with Gasteiger partial charge in [-0.05, 0) is 32.6 Å². The van der Waals surface area contributed by atoms with Crippen LogP contribution in [0.15, 0.2) is 12.2 Å². The van der Waals surface area contributed by atoms with Crippen molar-refractivity contribution in [1.29, 1.82) is 0 Å². The van der Waals surface area contributed by atoms with E-state index in [1.54, 1.807) is 6.92 Å². The number of amides is 1. The van der Waals surface area contributed by atoms with E-state index in [0.717, 1.165) is 12.2 Å². The average Bonchev–Trinajstić information content (AvgIpc) is 2.37. The van der Waals surface area contributed by atoms with Gasteiger partial charge in [0.1, 0.15) is 0 Å². The number of ether oxygens (including phenoxy) is 1. The highest BCUT2D eigenvalue weighted by Crippen LogP contribution is 2.25. The van der Waals surface area contributed by atoms with Gasteiger partial charge in [-0.25, -0.2) is 4.79 Å². The minimum absolute atomic E-state index is 0.00313. The first-order valence-corrected chi connectivity index (χ1v) is 6.41. The van der Waals surface area contributed by atoms with Crippen molar-refractivity contribution in [3.63, 3.8) is 0 Å². The lowest BCUT2D eigenvalue weighted by atomic mass is 9.86. The maximum Gasteiger partial charge on any atom is 0.328 e. The summed E-state index contributed by atoms with van der Waals surface area (Å²) in [5, 5.41) is 11.1. The molecule has 0 bridgehead atoms. The van der Waals surface area contributed by atoms with Gasteiger partial charge in [-0.15, -0.1) is 0 Å². The zero-order valence-electron chi connectivity index (χ0n) is 10.9. The van der Waals surface area contributed by atoms with Gasteiger partial charge in [0.05, 0.1) is 12.5 Å². The second kappa shape index (κ2) is 7.56. The normalized spacial score (nSPS) is 23.0. The van der Waals surface area contributed by atoms with E-state index in [1.165, 1.54) is 0 Å². The lowest BCUT2D eigenvalue weighted by molar-refractivity contribution is -0.149. The molecule has 1 amide bonds. The molecule has 2 N–H and O–H groups in total. The minimum atomic E-state index is -1.15. The number of aliphatic carboxylic acids is 1. The van der Waals surface area contributed by atoms with Gasteiger partial charge in [-0.3, -0.25) is 9.59 Å². The van der Waals surface area contributed by atoms with Crippen LogP contribution in [0.4, 0.5) is 0 Å². The molecule has 0 aliphatic heterocycles. The summed E-state index contributed by atoms with van der Waals surface area (Å²) in [5.74, 6) is -1.82. The van der Waals surface area contributed by atoms with Crippen molar-refractivity contribution in [2.45, 2.75) is 38.6 Å². The Labute approximate surface area is 111 Å². The Hall–Kier alpha value is -1.85. The largest absolute Gasteiger partial charge is 0.478 e. The third-order valence-corrected chi connectivity index (χ3v) is 3.07. The molecule has 0 unspecified atom stereocenters. The summed E-state index contributed by atoms with van der Waals surface area (Å²) in [6.07, 6.45) is 4.59. The molecular weight excluding hydrogens is 250 g/mol. The van der Waals surface area contributed by atoms with Gasteiger partial charge in [0.25, 0.3) is 0 Å². The average molecular weight is 269 g/mol. The minimum Gasteiger partial charge on any atom is -0.478 e. The topological polar surface area (TPSA) is 92.7 Å². The van der Waals surface area contributed by atoms with E-state index in [2.05, 4.69) is 5.32 Å². The quantitative estimate of drug-likeness (QED) is 0.570. The van der Waals surface area contributed by atoms with Crippen molar-refractivity contribution < 1.29 is 24.2 Å². The molecule has 0 heterocycles. The fourth-order valence-corrected chi connectivity index (χ4v) is 2.13. The van der Waals surface area contributed by atoms with Crippen LogP contribution in [-0.2, 0) is 19.1 Å². The fourth-order valence-electron chi connectivity index (χ4n) is 2.13. The molecule has 1 aliphatic rings. The van der Waals surface area contributed by atoms with Crippen LogP contribution in [0.2, 0.25) is 0 Å². The molecule has 0 saturated heterocycles. The molecule has 0 aromatic heterocycles. The Morgan fingerprint density at radius 2 is 1.84 bits per heavy atom. The third kappa shape index (κ3) is 5.54. The smallest absolute Gasteiger partial charge is 0.328 e. The number of carbonyl (C=O) groups is 3. The second-order valence-electron chi connectivity index (χ2n) is 4.48. The molecule has 0 atom stereocenters. The van der Waals surface area contributed by atoms with Gasteiger partial charge < -0.3 is 15.2 Å². The molecule has 0 aromatic rings. The molecule has 0 radical (unpaired) electrons. The predicted octanol–water partition coefficient (Wildman–Crippen LogP) is 0.865. The van der Waals surface area contributed by atoms with Crippen LogP contribution in [-0.4, -0.2) is 35.6 Å². The van der Waals surface area contributed by atoms with Gasteiger partial charge in [-0.2, -0.15) is 0 Å². The van der Waals surface area contributed by atoms with Crippen LogP contribution in [0, 0.1) is 5.92 Å². The molecule has 1 rings (SSSR count). The number of carboxylic acids is 1. The summed E-state index contributed by atoms with van der Waals surface area (Å²) in [6, 6.07) is -0.00313. The van der Waals surface area contributed by atoms with Crippen molar-refractivity contribution in [2.75, 3.05) is 6.61 Å². The maximum absolute atomic E-state index is 11.5. The van der Waals surface area contributed by atoms with Gasteiger partial charge in [0.15, 0.2) is 0 Å². The summed E-state index contributed by atoms with van der Waals surface area (Å²) < 4.78 is 4.96. The van der Waals surface area contributed by atoms with Crippen molar-refractivity contribution in [1.82, 2.24) is 5.32 Å². The molecule has 1 fully saturated rings. The highest BCUT2D eigenvalue weighted by Gasteiger charge is 2.27. The molecule has 0 aromatic carbocycles. The number of esters is 1. The second-order valence-corrected chi connectivity index (χ2v) is 4.48. The Kier molecular flexibility index (Phi) is 6.05. The number of hydrogen-bond donors (Lipinski definition) is 2. The first kappa shape index (κ1) is 15.2. The molecular formula is C13H19NO5. The standard InChI is InChI=1S/C13H19NO5/c1-2-19-13(18)9-3-5-10(6-4-9)14-11(15)7-8-12(16)17/h7-10H,2-6H2,1H3,(H,14,15)(H,16,17)/b8-7+. The Morgan fingerprint density at radius 3 is 2.37 bits per heavy atom. The van der Waals surface area contributed by atoms with Crippen LogP contribution < -0.4 is 5.32 Å².